The Balaban J connectivity index is 1.72. The van der Waals surface area contributed by atoms with Crippen LogP contribution in [-0.2, 0) is 23.1 Å². The summed E-state index contributed by atoms with van der Waals surface area (Å²) in [6.07, 6.45) is 8.07. The molecule has 0 atom stereocenters. The van der Waals surface area contributed by atoms with E-state index in [0.29, 0.717) is 0 Å². The van der Waals surface area contributed by atoms with Gasteiger partial charge in [-0.2, -0.15) is 0 Å². The molecule has 1 aromatic carbocycles. The van der Waals surface area contributed by atoms with Crippen LogP contribution in [0.2, 0.25) is 0 Å². The SMILES string of the molecule is CC(C)(C(=O)O)c1cc2c(s1)CCc1ccccc1/C2=C\CCN1CCCC1. The highest BCUT2D eigenvalue weighted by Gasteiger charge is 2.33. The van der Waals surface area contributed by atoms with E-state index in [-0.39, 0.29) is 0 Å². The van der Waals surface area contributed by atoms with Crippen molar-refractivity contribution in [2.75, 3.05) is 19.6 Å². The van der Waals surface area contributed by atoms with E-state index in [1.807, 2.05) is 13.8 Å². The topological polar surface area (TPSA) is 40.5 Å². The highest BCUT2D eigenvalue weighted by molar-refractivity contribution is 7.12. The predicted octanol–water partition coefficient (Wildman–Crippen LogP) is 5.13. The van der Waals surface area contributed by atoms with Crippen LogP contribution in [0.1, 0.15) is 59.6 Å². The molecule has 1 aromatic heterocycles. The quantitative estimate of drug-likeness (QED) is 0.763. The van der Waals surface area contributed by atoms with E-state index >= 15 is 0 Å². The van der Waals surface area contributed by atoms with Gasteiger partial charge in [-0.3, -0.25) is 4.79 Å². The number of benzene rings is 1. The molecule has 2 aromatic rings. The highest BCUT2D eigenvalue weighted by atomic mass is 32.1. The number of thiophene rings is 1. The van der Waals surface area contributed by atoms with E-state index in [9.17, 15) is 9.90 Å². The molecule has 0 unspecified atom stereocenters. The zero-order chi connectivity index (χ0) is 19.7. The minimum atomic E-state index is -0.850. The Morgan fingerprint density at radius 1 is 1.18 bits per heavy atom. The molecule has 2 heterocycles. The molecule has 1 N–H and O–H groups in total. The monoisotopic (exact) mass is 395 g/mol. The molecular formula is C24H29NO2S. The van der Waals surface area contributed by atoms with Gasteiger partial charge in [0.25, 0.3) is 0 Å². The highest BCUT2D eigenvalue weighted by Crippen LogP contribution is 2.41. The third kappa shape index (κ3) is 3.68. The number of carbonyl (C=O) groups is 1. The van der Waals surface area contributed by atoms with E-state index in [1.165, 1.54) is 53.1 Å². The summed E-state index contributed by atoms with van der Waals surface area (Å²) in [6.45, 7) is 7.18. The summed E-state index contributed by atoms with van der Waals surface area (Å²) in [4.78, 5) is 16.6. The molecule has 2 aliphatic rings. The predicted molar refractivity (Wildman–Crippen MR) is 116 cm³/mol. The van der Waals surface area contributed by atoms with Crippen molar-refractivity contribution in [2.45, 2.75) is 51.4 Å². The smallest absolute Gasteiger partial charge is 0.314 e. The van der Waals surface area contributed by atoms with Crippen LogP contribution < -0.4 is 0 Å². The number of likely N-dealkylation sites (tertiary alicyclic amines) is 1. The van der Waals surface area contributed by atoms with Crippen molar-refractivity contribution >= 4 is 22.9 Å². The van der Waals surface area contributed by atoms with E-state index in [4.69, 9.17) is 0 Å². The molecule has 1 fully saturated rings. The van der Waals surface area contributed by atoms with Gasteiger partial charge >= 0.3 is 5.97 Å². The lowest BCUT2D eigenvalue weighted by atomic mass is 9.89. The molecule has 4 heteroatoms. The van der Waals surface area contributed by atoms with Crippen LogP contribution in [0, 0.1) is 0 Å². The van der Waals surface area contributed by atoms with Crippen molar-refractivity contribution in [3.63, 3.8) is 0 Å². The van der Waals surface area contributed by atoms with Gasteiger partial charge in [0, 0.05) is 16.3 Å². The standard InChI is InChI=1S/C24H29NO2S/c1-24(2,23(26)27)22-16-20-19(10-7-15-25-13-5-6-14-25)18-9-4-3-8-17(18)11-12-21(20)28-22/h3-4,8-10,16H,5-7,11-15H2,1-2H3,(H,26,27)/b19-10+. The van der Waals surface area contributed by atoms with Gasteiger partial charge in [0.2, 0.25) is 0 Å². The van der Waals surface area contributed by atoms with Crippen LogP contribution in [0.5, 0.6) is 0 Å². The molecule has 0 saturated carbocycles. The Morgan fingerprint density at radius 2 is 1.93 bits per heavy atom. The van der Waals surface area contributed by atoms with Crippen LogP contribution in [0.4, 0.5) is 0 Å². The normalized spacial score (nSPS) is 18.7. The fourth-order valence-corrected chi connectivity index (χ4v) is 5.54. The van der Waals surface area contributed by atoms with Crippen molar-refractivity contribution in [3.8, 4) is 0 Å². The maximum Gasteiger partial charge on any atom is 0.314 e. The molecule has 0 radical (unpaired) electrons. The average molecular weight is 396 g/mol. The lowest BCUT2D eigenvalue weighted by Crippen LogP contribution is -2.27. The molecule has 0 bridgehead atoms. The third-order valence-electron chi connectivity index (χ3n) is 6.17. The lowest BCUT2D eigenvalue weighted by molar-refractivity contribution is -0.142. The summed E-state index contributed by atoms with van der Waals surface area (Å²) in [5.41, 5.74) is 4.42. The number of rotatable bonds is 5. The summed E-state index contributed by atoms with van der Waals surface area (Å²) >= 11 is 1.68. The summed E-state index contributed by atoms with van der Waals surface area (Å²) in [7, 11) is 0. The number of carboxylic acids is 1. The second-order valence-electron chi connectivity index (χ2n) is 8.49. The van der Waals surface area contributed by atoms with Crippen LogP contribution in [0.15, 0.2) is 36.4 Å². The Bertz CT molecular complexity index is 903. The molecule has 3 nitrogen and oxygen atoms in total. The largest absolute Gasteiger partial charge is 0.481 e. The van der Waals surface area contributed by atoms with Crippen LogP contribution in [0.25, 0.3) is 5.57 Å². The Kier molecular flexibility index (Phi) is 5.44. The maximum absolute atomic E-state index is 11.8. The number of hydrogen-bond acceptors (Lipinski definition) is 3. The molecule has 148 valence electrons. The molecule has 0 amide bonds. The van der Waals surface area contributed by atoms with Crippen molar-refractivity contribution in [1.82, 2.24) is 4.90 Å². The van der Waals surface area contributed by atoms with Crippen molar-refractivity contribution in [2.24, 2.45) is 0 Å². The molecule has 1 saturated heterocycles. The molecule has 4 rings (SSSR count). The first-order valence-corrected chi connectivity index (χ1v) is 11.2. The van der Waals surface area contributed by atoms with Gasteiger partial charge in [-0.1, -0.05) is 30.3 Å². The fourth-order valence-electron chi connectivity index (χ4n) is 4.27. The van der Waals surface area contributed by atoms with Gasteiger partial charge in [-0.15, -0.1) is 11.3 Å². The van der Waals surface area contributed by atoms with Crippen LogP contribution in [0.3, 0.4) is 0 Å². The minimum absolute atomic E-state index is 0.760. The summed E-state index contributed by atoms with van der Waals surface area (Å²) in [5.74, 6) is -0.760. The number of fused-ring (bicyclic) bond motifs is 2. The Labute approximate surface area is 171 Å². The lowest BCUT2D eigenvalue weighted by Gasteiger charge is -2.17. The van der Waals surface area contributed by atoms with Gasteiger partial charge in [-0.05, 0) is 87.4 Å². The second-order valence-corrected chi connectivity index (χ2v) is 9.63. The zero-order valence-corrected chi connectivity index (χ0v) is 17.6. The first kappa shape index (κ1) is 19.4. The van der Waals surface area contributed by atoms with E-state index in [0.717, 1.165) is 30.7 Å². The molecular weight excluding hydrogens is 366 g/mol. The van der Waals surface area contributed by atoms with Crippen molar-refractivity contribution in [3.05, 3.63) is 62.9 Å². The second kappa shape index (κ2) is 7.84. The number of aliphatic carboxylic acids is 1. The third-order valence-corrected chi connectivity index (χ3v) is 7.69. The maximum atomic E-state index is 11.8. The number of aryl methyl sites for hydroxylation is 2. The zero-order valence-electron chi connectivity index (χ0n) is 16.8. The Hall–Kier alpha value is -1.91. The van der Waals surface area contributed by atoms with E-state index in [1.54, 1.807) is 11.3 Å². The Morgan fingerprint density at radius 3 is 2.68 bits per heavy atom. The summed E-state index contributed by atoms with van der Waals surface area (Å²) in [6, 6.07) is 10.9. The van der Waals surface area contributed by atoms with Gasteiger partial charge in [0.05, 0.1) is 5.41 Å². The van der Waals surface area contributed by atoms with Crippen molar-refractivity contribution < 1.29 is 9.90 Å². The fraction of sp³-hybridized carbons (Fsp3) is 0.458. The van der Waals surface area contributed by atoms with Gasteiger partial charge in [0.1, 0.15) is 0 Å². The summed E-state index contributed by atoms with van der Waals surface area (Å²) < 4.78 is 0. The first-order chi connectivity index (χ1) is 13.5. The average Bonchev–Trinajstić information content (AvgIpc) is 3.32. The molecule has 1 aliphatic heterocycles. The van der Waals surface area contributed by atoms with Gasteiger partial charge in [0.15, 0.2) is 0 Å². The molecule has 0 spiro atoms. The molecule has 1 aliphatic carbocycles. The first-order valence-electron chi connectivity index (χ1n) is 10.3. The number of carboxylic acid groups (broad SMARTS) is 1. The van der Waals surface area contributed by atoms with Gasteiger partial charge in [-0.25, -0.2) is 0 Å². The number of hydrogen-bond donors (Lipinski definition) is 1. The minimum Gasteiger partial charge on any atom is -0.481 e. The van der Waals surface area contributed by atoms with Crippen LogP contribution in [-0.4, -0.2) is 35.6 Å². The van der Waals surface area contributed by atoms with E-state index in [2.05, 4.69) is 41.3 Å². The van der Waals surface area contributed by atoms with Crippen molar-refractivity contribution in [1.29, 1.82) is 0 Å². The van der Waals surface area contributed by atoms with E-state index < -0.39 is 11.4 Å². The number of nitrogens with zero attached hydrogens (tertiary/aromatic N) is 1. The van der Waals surface area contributed by atoms with Crippen LogP contribution >= 0.6 is 11.3 Å². The molecule has 28 heavy (non-hydrogen) atoms. The van der Waals surface area contributed by atoms with Gasteiger partial charge < -0.3 is 10.0 Å². The summed E-state index contributed by atoms with van der Waals surface area (Å²) in [5, 5.41) is 9.68.